The molecule has 3 aromatic rings. The van der Waals surface area contributed by atoms with Crippen LogP contribution in [0.2, 0.25) is 0 Å². The highest BCUT2D eigenvalue weighted by atomic mass is 16.5. The molecule has 3 rings (SSSR count). The Morgan fingerprint density at radius 2 is 1.57 bits per heavy atom. The zero-order valence-electron chi connectivity index (χ0n) is 13.3. The van der Waals surface area contributed by atoms with Crippen LogP contribution in [0, 0.1) is 0 Å². The van der Waals surface area contributed by atoms with Crippen LogP contribution in [-0.4, -0.2) is 28.4 Å². The third-order valence-corrected chi connectivity index (χ3v) is 3.67. The highest BCUT2D eigenvalue weighted by Crippen LogP contribution is 2.42. The molecule has 120 valence electrons. The van der Waals surface area contributed by atoms with Crippen LogP contribution < -0.4 is 24.4 Å². The quantitative estimate of drug-likeness (QED) is 0.689. The van der Waals surface area contributed by atoms with E-state index in [1.807, 2.05) is 0 Å². The molecule has 0 bridgehead atoms. The fraction of sp³-hybridized carbons (Fsp3) is 0.235. The van der Waals surface area contributed by atoms with E-state index >= 15 is 0 Å². The van der Waals surface area contributed by atoms with Crippen molar-refractivity contribution >= 4 is 21.9 Å². The van der Waals surface area contributed by atoms with Crippen molar-refractivity contribution in [2.24, 2.45) is 0 Å². The van der Waals surface area contributed by atoms with Gasteiger partial charge in [0.25, 0.3) is 0 Å². The van der Waals surface area contributed by atoms with Crippen molar-refractivity contribution in [2.45, 2.75) is 0 Å². The summed E-state index contributed by atoms with van der Waals surface area (Å²) in [4.78, 5) is 12.9. The Labute approximate surface area is 132 Å². The lowest BCUT2D eigenvalue weighted by atomic mass is 10.1. The lowest BCUT2D eigenvalue weighted by molar-refractivity contribution is 0.326. The van der Waals surface area contributed by atoms with Crippen LogP contribution in [-0.2, 0) is 0 Å². The van der Waals surface area contributed by atoms with E-state index < -0.39 is 0 Å². The standard InChI is InChI=1S/C17H16O6/c1-19-9-5-6-11-10(7-9)15(18)14-12(23-11)8-13(20-2)16(21-3)17(14)22-4/h5-8H,1-4H3. The van der Waals surface area contributed by atoms with Gasteiger partial charge in [-0.05, 0) is 18.2 Å². The molecule has 1 heterocycles. The molecule has 0 atom stereocenters. The highest BCUT2D eigenvalue weighted by molar-refractivity contribution is 5.96. The van der Waals surface area contributed by atoms with Crippen LogP contribution in [0.3, 0.4) is 0 Å². The van der Waals surface area contributed by atoms with Crippen LogP contribution in [0.1, 0.15) is 0 Å². The molecular formula is C17H16O6. The number of methoxy groups -OCH3 is 4. The maximum atomic E-state index is 12.9. The summed E-state index contributed by atoms with van der Waals surface area (Å²) in [6.45, 7) is 0. The molecule has 0 saturated carbocycles. The second kappa shape index (κ2) is 5.72. The minimum atomic E-state index is -0.224. The largest absolute Gasteiger partial charge is 0.497 e. The van der Waals surface area contributed by atoms with Gasteiger partial charge in [-0.2, -0.15) is 0 Å². The predicted octanol–water partition coefficient (Wildman–Crippen LogP) is 2.98. The number of benzene rings is 2. The van der Waals surface area contributed by atoms with E-state index in [4.69, 9.17) is 23.4 Å². The van der Waals surface area contributed by atoms with Crippen LogP contribution in [0.25, 0.3) is 21.9 Å². The van der Waals surface area contributed by atoms with E-state index in [2.05, 4.69) is 0 Å². The minimum Gasteiger partial charge on any atom is -0.497 e. The van der Waals surface area contributed by atoms with Crippen LogP contribution in [0.15, 0.2) is 33.5 Å². The molecule has 0 aliphatic carbocycles. The smallest absolute Gasteiger partial charge is 0.204 e. The average Bonchev–Trinajstić information content (AvgIpc) is 2.59. The first-order valence-corrected chi connectivity index (χ1v) is 6.88. The summed E-state index contributed by atoms with van der Waals surface area (Å²) < 4.78 is 27.0. The Bertz CT molecular complexity index is 941. The maximum Gasteiger partial charge on any atom is 0.204 e. The minimum absolute atomic E-state index is 0.224. The third-order valence-electron chi connectivity index (χ3n) is 3.67. The van der Waals surface area contributed by atoms with Gasteiger partial charge in [0.15, 0.2) is 11.5 Å². The van der Waals surface area contributed by atoms with E-state index in [9.17, 15) is 4.79 Å². The molecule has 0 N–H and O–H groups in total. The predicted molar refractivity (Wildman–Crippen MR) is 86.2 cm³/mol. The van der Waals surface area contributed by atoms with Crippen molar-refractivity contribution in [2.75, 3.05) is 28.4 Å². The molecule has 2 aromatic carbocycles. The maximum absolute atomic E-state index is 12.9. The number of rotatable bonds is 4. The first kappa shape index (κ1) is 15.0. The summed E-state index contributed by atoms with van der Waals surface area (Å²) >= 11 is 0. The third kappa shape index (κ3) is 2.23. The molecule has 6 heteroatoms. The first-order chi connectivity index (χ1) is 11.1. The van der Waals surface area contributed by atoms with Gasteiger partial charge in [0.1, 0.15) is 22.3 Å². The lowest BCUT2D eigenvalue weighted by Gasteiger charge is -2.14. The second-order valence-electron chi connectivity index (χ2n) is 4.81. The summed E-state index contributed by atoms with van der Waals surface area (Å²) in [5.41, 5.74) is 0.595. The van der Waals surface area contributed by atoms with Gasteiger partial charge in [-0.15, -0.1) is 0 Å². The molecule has 0 spiro atoms. The molecule has 0 fully saturated rings. The summed E-state index contributed by atoms with van der Waals surface area (Å²) in [7, 11) is 6.00. The SMILES string of the molecule is COc1ccc2oc3cc(OC)c(OC)c(OC)c3c(=O)c2c1. The Morgan fingerprint density at radius 3 is 2.17 bits per heavy atom. The topological polar surface area (TPSA) is 67.1 Å². The molecule has 0 aliphatic heterocycles. The van der Waals surface area contributed by atoms with Crippen molar-refractivity contribution in [3.05, 3.63) is 34.5 Å². The Hall–Kier alpha value is -2.89. The van der Waals surface area contributed by atoms with Gasteiger partial charge in [-0.3, -0.25) is 4.79 Å². The van der Waals surface area contributed by atoms with Crippen LogP contribution in [0.4, 0.5) is 0 Å². The van der Waals surface area contributed by atoms with Crippen LogP contribution >= 0.6 is 0 Å². The van der Waals surface area contributed by atoms with E-state index in [-0.39, 0.29) is 11.2 Å². The molecule has 0 aliphatic rings. The fourth-order valence-corrected chi connectivity index (χ4v) is 2.58. The molecule has 6 nitrogen and oxygen atoms in total. The average molecular weight is 316 g/mol. The van der Waals surface area contributed by atoms with E-state index in [1.54, 1.807) is 24.3 Å². The Balaban J connectivity index is 2.51. The van der Waals surface area contributed by atoms with Gasteiger partial charge in [0, 0.05) is 6.07 Å². The van der Waals surface area contributed by atoms with E-state index in [0.29, 0.717) is 39.2 Å². The van der Waals surface area contributed by atoms with E-state index in [1.165, 1.54) is 28.4 Å². The summed E-state index contributed by atoms with van der Waals surface area (Å²) in [5.74, 6) is 1.62. The van der Waals surface area contributed by atoms with Gasteiger partial charge in [-0.1, -0.05) is 0 Å². The summed E-state index contributed by atoms with van der Waals surface area (Å²) in [5, 5.41) is 0.702. The molecule has 0 radical (unpaired) electrons. The highest BCUT2D eigenvalue weighted by Gasteiger charge is 2.21. The van der Waals surface area contributed by atoms with Crippen molar-refractivity contribution < 1.29 is 23.4 Å². The summed E-state index contributed by atoms with van der Waals surface area (Å²) in [6, 6.07) is 6.67. The fourth-order valence-electron chi connectivity index (χ4n) is 2.58. The molecular weight excluding hydrogens is 300 g/mol. The lowest BCUT2D eigenvalue weighted by Crippen LogP contribution is -2.06. The number of hydrogen-bond donors (Lipinski definition) is 0. The monoisotopic (exact) mass is 316 g/mol. The molecule has 0 unspecified atom stereocenters. The van der Waals surface area contributed by atoms with Crippen molar-refractivity contribution in [3.63, 3.8) is 0 Å². The van der Waals surface area contributed by atoms with Gasteiger partial charge < -0.3 is 23.4 Å². The van der Waals surface area contributed by atoms with Crippen molar-refractivity contribution in [1.82, 2.24) is 0 Å². The zero-order chi connectivity index (χ0) is 16.6. The number of fused-ring (bicyclic) bond motifs is 2. The van der Waals surface area contributed by atoms with Gasteiger partial charge >= 0.3 is 0 Å². The summed E-state index contributed by atoms with van der Waals surface area (Å²) in [6.07, 6.45) is 0. The van der Waals surface area contributed by atoms with Gasteiger partial charge in [0.2, 0.25) is 11.2 Å². The van der Waals surface area contributed by atoms with E-state index in [0.717, 1.165) is 0 Å². The molecule has 23 heavy (non-hydrogen) atoms. The Morgan fingerprint density at radius 1 is 0.826 bits per heavy atom. The number of ether oxygens (including phenoxy) is 4. The first-order valence-electron chi connectivity index (χ1n) is 6.88. The second-order valence-corrected chi connectivity index (χ2v) is 4.81. The molecule has 1 aromatic heterocycles. The van der Waals surface area contributed by atoms with Gasteiger partial charge in [-0.25, -0.2) is 0 Å². The van der Waals surface area contributed by atoms with Crippen molar-refractivity contribution in [3.8, 4) is 23.0 Å². The normalized spacial score (nSPS) is 10.8. The van der Waals surface area contributed by atoms with Crippen molar-refractivity contribution in [1.29, 1.82) is 0 Å². The van der Waals surface area contributed by atoms with Crippen LogP contribution in [0.5, 0.6) is 23.0 Å². The Kier molecular flexibility index (Phi) is 3.73. The number of hydrogen-bond acceptors (Lipinski definition) is 6. The molecule has 0 saturated heterocycles. The molecule has 0 amide bonds. The van der Waals surface area contributed by atoms with Gasteiger partial charge in [0.05, 0.1) is 33.8 Å². The zero-order valence-corrected chi connectivity index (χ0v) is 13.3.